The Bertz CT molecular complexity index is 1250. The number of nitriles is 1. The van der Waals surface area contributed by atoms with Crippen molar-refractivity contribution >= 4 is 33.3 Å². The van der Waals surface area contributed by atoms with Gasteiger partial charge in [0.05, 0.1) is 22.2 Å². The molecule has 0 spiro atoms. The lowest BCUT2D eigenvalue weighted by molar-refractivity contribution is -0.121. The molecule has 168 valence electrons. The highest BCUT2D eigenvalue weighted by Gasteiger charge is 2.22. The summed E-state index contributed by atoms with van der Waals surface area (Å²) < 4.78 is 31.9. The number of esters is 1. The van der Waals surface area contributed by atoms with Crippen molar-refractivity contribution in [2.45, 2.75) is 4.90 Å². The van der Waals surface area contributed by atoms with E-state index in [2.05, 4.69) is 0 Å². The molecule has 1 amide bonds. The lowest BCUT2D eigenvalue weighted by Crippen LogP contribution is -2.35. The Morgan fingerprint density at radius 2 is 1.42 bits per heavy atom. The average molecular weight is 464 g/mol. The van der Waals surface area contributed by atoms with Gasteiger partial charge in [0.15, 0.2) is 6.61 Å². The zero-order valence-electron chi connectivity index (χ0n) is 17.8. The van der Waals surface area contributed by atoms with Crippen molar-refractivity contribution in [1.29, 1.82) is 5.26 Å². The van der Waals surface area contributed by atoms with Gasteiger partial charge in [-0.2, -0.15) is 5.26 Å². The lowest BCUT2D eigenvalue weighted by Gasteiger charge is -2.20. The Kier molecular flexibility index (Phi) is 7.43. The Balaban J connectivity index is 1.67. The Labute approximate surface area is 192 Å². The molecule has 3 aromatic carbocycles. The molecule has 9 heteroatoms. The van der Waals surface area contributed by atoms with E-state index in [1.165, 1.54) is 36.2 Å². The molecule has 0 aliphatic heterocycles. The predicted molar refractivity (Wildman–Crippen MR) is 123 cm³/mol. The molecule has 0 heterocycles. The number of rotatable bonds is 8. The van der Waals surface area contributed by atoms with E-state index in [-0.39, 0.29) is 17.0 Å². The summed E-state index contributed by atoms with van der Waals surface area (Å²) in [4.78, 5) is 26.1. The summed E-state index contributed by atoms with van der Waals surface area (Å²) in [7, 11) is -2.38. The number of carbonyl (C=O) groups is 2. The molecule has 0 atom stereocenters. The van der Waals surface area contributed by atoms with E-state index in [1.54, 1.807) is 60.7 Å². The van der Waals surface area contributed by atoms with Crippen LogP contribution in [0.4, 0.5) is 11.4 Å². The highest BCUT2D eigenvalue weighted by atomic mass is 32.2. The van der Waals surface area contributed by atoms with Crippen LogP contribution in [0, 0.1) is 11.3 Å². The third-order valence-corrected chi connectivity index (χ3v) is 6.59. The minimum Gasteiger partial charge on any atom is -0.452 e. The van der Waals surface area contributed by atoms with Crippen LogP contribution in [0.2, 0.25) is 0 Å². The molecular formula is C24H21N3O5S. The molecule has 0 N–H and O–H groups in total. The van der Waals surface area contributed by atoms with Crippen LogP contribution in [-0.2, 0) is 19.6 Å². The van der Waals surface area contributed by atoms with Crippen LogP contribution in [0.5, 0.6) is 0 Å². The number of para-hydroxylation sites is 2. The number of nitrogens with zero attached hydrogens (tertiary/aromatic N) is 3. The number of sulfonamides is 1. The SMILES string of the molecule is CN(c1ccccc1)S(=O)(=O)c1ccc(C(=O)OCC(=O)N(CC#N)c2ccccc2)cc1. The minimum absolute atomic E-state index is 0.00533. The van der Waals surface area contributed by atoms with E-state index in [0.29, 0.717) is 11.4 Å². The quantitative estimate of drug-likeness (QED) is 0.375. The fourth-order valence-electron chi connectivity index (χ4n) is 2.99. The van der Waals surface area contributed by atoms with Gasteiger partial charge in [-0.3, -0.25) is 14.0 Å². The van der Waals surface area contributed by atoms with Crippen LogP contribution in [0.3, 0.4) is 0 Å². The van der Waals surface area contributed by atoms with Gasteiger partial charge in [-0.1, -0.05) is 36.4 Å². The van der Waals surface area contributed by atoms with Gasteiger partial charge in [0.1, 0.15) is 6.54 Å². The molecule has 0 unspecified atom stereocenters. The van der Waals surface area contributed by atoms with Gasteiger partial charge in [0.25, 0.3) is 15.9 Å². The lowest BCUT2D eigenvalue weighted by atomic mass is 10.2. The van der Waals surface area contributed by atoms with Crippen LogP contribution in [0.25, 0.3) is 0 Å². The first-order valence-electron chi connectivity index (χ1n) is 9.88. The molecule has 3 aromatic rings. The van der Waals surface area contributed by atoms with Crippen molar-refractivity contribution in [3.63, 3.8) is 0 Å². The van der Waals surface area contributed by atoms with Gasteiger partial charge >= 0.3 is 5.97 Å². The van der Waals surface area contributed by atoms with Crippen LogP contribution >= 0.6 is 0 Å². The second-order valence-electron chi connectivity index (χ2n) is 6.88. The summed E-state index contributed by atoms with van der Waals surface area (Å²) in [6.45, 7) is -0.756. The monoisotopic (exact) mass is 463 g/mol. The standard InChI is InChI=1S/C24H21N3O5S/c1-26(20-8-4-2-5-9-20)33(30,31)22-14-12-19(13-15-22)24(29)32-18-23(28)27(17-16-25)21-10-6-3-7-11-21/h2-15H,17-18H2,1H3. The van der Waals surface area contributed by atoms with Crippen molar-refractivity contribution in [3.05, 3.63) is 90.5 Å². The second kappa shape index (κ2) is 10.4. The largest absolute Gasteiger partial charge is 0.452 e. The molecule has 0 aliphatic rings. The molecule has 0 aliphatic carbocycles. The Morgan fingerprint density at radius 3 is 1.97 bits per heavy atom. The van der Waals surface area contributed by atoms with Crippen LogP contribution in [0.1, 0.15) is 10.4 Å². The van der Waals surface area contributed by atoms with Gasteiger partial charge < -0.3 is 4.74 Å². The second-order valence-corrected chi connectivity index (χ2v) is 8.85. The summed E-state index contributed by atoms with van der Waals surface area (Å²) >= 11 is 0. The Hall–Kier alpha value is -4.16. The molecular weight excluding hydrogens is 442 g/mol. The van der Waals surface area contributed by atoms with E-state index < -0.39 is 28.5 Å². The van der Waals surface area contributed by atoms with E-state index in [0.717, 1.165) is 4.31 Å². The van der Waals surface area contributed by atoms with Gasteiger partial charge in [0.2, 0.25) is 0 Å². The summed E-state index contributed by atoms with van der Waals surface area (Å²) in [5.41, 5.74) is 1.10. The average Bonchev–Trinajstić information content (AvgIpc) is 2.86. The first kappa shape index (κ1) is 23.5. The zero-order valence-corrected chi connectivity index (χ0v) is 18.6. The number of amides is 1. The number of carbonyl (C=O) groups excluding carboxylic acids is 2. The maximum Gasteiger partial charge on any atom is 0.338 e. The van der Waals surface area contributed by atoms with Crippen molar-refractivity contribution in [2.75, 3.05) is 29.4 Å². The van der Waals surface area contributed by atoms with Gasteiger partial charge in [-0.05, 0) is 48.5 Å². The number of benzene rings is 3. The Morgan fingerprint density at radius 1 is 0.879 bits per heavy atom. The van der Waals surface area contributed by atoms with Crippen LogP contribution in [-0.4, -0.2) is 40.5 Å². The van der Waals surface area contributed by atoms with Gasteiger partial charge in [-0.25, -0.2) is 13.2 Å². The minimum atomic E-state index is -3.82. The third-order valence-electron chi connectivity index (χ3n) is 4.79. The van der Waals surface area contributed by atoms with Gasteiger partial charge in [-0.15, -0.1) is 0 Å². The van der Waals surface area contributed by atoms with Crippen molar-refractivity contribution in [1.82, 2.24) is 0 Å². The highest BCUT2D eigenvalue weighted by molar-refractivity contribution is 7.92. The predicted octanol–water partition coefficient (Wildman–Crippen LogP) is 3.23. The number of hydrogen-bond donors (Lipinski definition) is 0. The molecule has 33 heavy (non-hydrogen) atoms. The van der Waals surface area contributed by atoms with E-state index >= 15 is 0 Å². The molecule has 0 fully saturated rings. The van der Waals surface area contributed by atoms with E-state index in [1.807, 2.05) is 6.07 Å². The molecule has 0 saturated heterocycles. The van der Waals surface area contributed by atoms with Crippen molar-refractivity contribution in [3.8, 4) is 6.07 Å². The molecule has 0 saturated carbocycles. The highest BCUT2D eigenvalue weighted by Crippen LogP contribution is 2.22. The zero-order chi connectivity index (χ0) is 23.8. The van der Waals surface area contributed by atoms with E-state index in [4.69, 9.17) is 10.00 Å². The fraction of sp³-hybridized carbons (Fsp3) is 0.125. The molecule has 8 nitrogen and oxygen atoms in total. The fourth-order valence-corrected chi connectivity index (χ4v) is 4.18. The maximum atomic E-state index is 12.8. The third kappa shape index (κ3) is 5.56. The topological polar surface area (TPSA) is 108 Å². The summed E-state index contributed by atoms with van der Waals surface area (Å²) in [6, 6.07) is 24.3. The first-order valence-corrected chi connectivity index (χ1v) is 11.3. The number of hydrogen-bond acceptors (Lipinski definition) is 6. The summed E-state index contributed by atoms with van der Waals surface area (Å²) in [5, 5.41) is 9.00. The van der Waals surface area contributed by atoms with E-state index in [9.17, 15) is 18.0 Å². The van der Waals surface area contributed by atoms with Crippen molar-refractivity contribution < 1.29 is 22.7 Å². The molecule has 0 bridgehead atoms. The molecule has 0 radical (unpaired) electrons. The molecule has 0 aromatic heterocycles. The maximum absolute atomic E-state index is 12.8. The van der Waals surface area contributed by atoms with Gasteiger partial charge in [0, 0.05) is 12.7 Å². The summed E-state index contributed by atoms with van der Waals surface area (Å²) in [5.74, 6) is -1.34. The normalized spacial score (nSPS) is 10.7. The molecule has 3 rings (SSSR count). The number of ether oxygens (including phenoxy) is 1. The number of anilines is 2. The van der Waals surface area contributed by atoms with Crippen LogP contribution in [0.15, 0.2) is 89.8 Å². The van der Waals surface area contributed by atoms with Crippen LogP contribution < -0.4 is 9.21 Å². The first-order chi connectivity index (χ1) is 15.8. The summed E-state index contributed by atoms with van der Waals surface area (Å²) in [6.07, 6.45) is 0. The van der Waals surface area contributed by atoms with Crippen molar-refractivity contribution in [2.24, 2.45) is 0 Å². The smallest absolute Gasteiger partial charge is 0.338 e.